The third-order valence-corrected chi connectivity index (χ3v) is 3.26. The molecule has 0 spiro atoms. The molecule has 3 rings (SSSR count). The zero-order valence-electron chi connectivity index (χ0n) is 9.15. The van der Waals surface area contributed by atoms with Crippen molar-refractivity contribution in [3.63, 3.8) is 0 Å². The number of halogens is 2. The third kappa shape index (κ3) is 1.76. The lowest BCUT2D eigenvalue weighted by atomic mass is 10.3. The molecule has 0 saturated carbocycles. The van der Waals surface area contributed by atoms with Crippen LogP contribution in [-0.2, 0) is 0 Å². The Bertz CT molecular complexity index is 774. The molecule has 0 amide bonds. The van der Waals surface area contributed by atoms with Crippen molar-refractivity contribution in [2.24, 2.45) is 0 Å². The molecular weight excluding hydrogens is 299 g/mol. The molecule has 0 aliphatic heterocycles. The lowest BCUT2D eigenvalue weighted by Gasteiger charge is -2.03. The van der Waals surface area contributed by atoms with Gasteiger partial charge in [-0.25, -0.2) is 9.18 Å². The van der Waals surface area contributed by atoms with Crippen molar-refractivity contribution in [1.82, 2.24) is 9.55 Å². The van der Waals surface area contributed by atoms with Crippen molar-refractivity contribution in [1.29, 1.82) is 0 Å². The number of nitrogens with one attached hydrogen (secondary N) is 1. The Morgan fingerprint density at radius 2 is 1.83 bits per heavy atom. The molecule has 3 aromatic rings. The summed E-state index contributed by atoms with van der Waals surface area (Å²) in [4.78, 5) is 14.5. The number of aromatic nitrogens is 2. The quantitative estimate of drug-likeness (QED) is 0.736. The topological polar surface area (TPSA) is 37.8 Å². The first-order chi connectivity index (χ1) is 8.65. The molecule has 5 heteroatoms. The van der Waals surface area contributed by atoms with Gasteiger partial charge in [0, 0.05) is 4.47 Å². The van der Waals surface area contributed by atoms with Crippen LogP contribution >= 0.6 is 15.9 Å². The van der Waals surface area contributed by atoms with E-state index in [1.165, 1.54) is 16.7 Å². The van der Waals surface area contributed by atoms with Crippen molar-refractivity contribution < 1.29 is 4.39 Å². The van der Waals surface area contributed by atoms with E-state index in [1.807, 2.05) is 24.3 Å². The van der Waals surface area contributed by atoms with Gasteiger partial charge in [-0.05, 0) is 42.5 Å². The lowest BCUT2D eigenvalue weighted by Crippen LogP contribution is -2.14. The fourth-order valence-electron chi connectivity index (χ4n) is 1.93. The average molecular weight is 307 g/mol. The van der Waals surface area contributed by atoms with Gasteiger partial charge in [0.15, 0.2) is 0 Å². The van der Waals surface area contributed by atoms with Crippen molar-refractivity contribution >= 4 is 27.0 Å². The van der Waals surface area contributed by atoms with Gasteiger partial charge >= 0.3 is 5.69 Å². The molecule has 1 N–H and O–H groups in total. The van der Waals surface area contributed by atoms with Gasteiger partial charge in [-0.15, -0.1) is 0 Å². The maximum absolute atomic E-state index is 13.1. The largest absolute Gasteiger partial charge is 0.331 e. The summed E-state index contributed by atoms with van der Waals surface area (Å²) in [6, 6.07) is 11.6. The molecule has 1 aromatic heterocycles. The van der Waals surface area contributed by atoms with E-state index in [0.717, 1.165) is 10.2 Å². The normalized spacial score (nSPS) is 11.0. The Balaban J connectivity index is 2.32. The summed E-state index contributed by atoms with van der Waals surface area (Å²) in [5, 5.41) is 0. The average Bonchev–Trinajstić information content (AvgIpc) is 2.65. The minimum absolute atomic E-state index is 0.280. The predicted octanol–water partition coefficient (Wildman–Crippen LogP) is 3.22. The lowest BCUT2D eigenvalue weighted by molar-refractivity contribution is 0.629. The predicted molar refractivity (Wildman–Crippen MR) is 71.6 cm³/mol. The van der Waals surface area contributed by atoms with E-state index in [4.69, 9.17) is 0 Å². The van der Waals surface area contributed by atoms with Gasteiger partial charge in [-0.2, -0.15) is 0 Å². The van der Waals surface area contributed by atoms with Crippen molar-refractivity contribution in [3.05, 3.63) is 63.2 Å². The Kier molecular flexibility index (Phi) is 2.56. The molecule has 0 fully saturated rings. The van der Waals surface area contributed by atoms with Gasteiger partial charge in [0.2, 0.25) is 0 Å². The van der Waals surface area contributed by atoms with E-state index in [9.17, 15) is 9.18 Å². The molecule has 18 heavy (non-hydrogen) atoms. The molecule has 2 aromatic carbocycles. The molecule has 0 bridgehead atoms. The summed E-state index contributed by atoms with van der Waals surface area (Å²) >= 11 is 3.34. The number of aromatic amines is 1. The van der Waals surface area contributed by atoms with Crippen LogP contribution in [0.1, 0.15) is 0 Å². The first-order valence-electron chi connectivity index (χ1n) is 5.31. The highest BCUT2D eigenvalue weighted by Crippen LogP contribution is 2.18. The van der Waals surface area contributed by atoms with Gasteiger partial charge in [-0.1, -0.05) is 15.9 Å². The highest BCUT2D eigenvalue weighted by molar-refractivity contribution is 9.10. The molecule has 0 atom stereocenters. The van der Waals surface area contributed by atoms with Gasteiger partial charge < -0.3 is 4.98 Å². The van der Waals surface area contributed by atoms with Crippen LogP contribution in [0.25, 0.3) is 16.7 Å². The van der Waals surface area contributed by atoms with Gasteiger partial charge in [0.1, 0.15) is 5.82 Å². The van der Waals surface area contributed by atoms with E-state index >= 15 is 0 Å². The summed E-state index contributed by atoms with van der Waals surface area (Å²) in [5.74, 6) is -0.369. The Hall–Kier alpha value is -1.88. The third-order valence-electron chi connectivity index (χ3n) is 2.73. The first kappa shape index (κ1) is 11.2. The Morgan fingerprint density at radius 1 is 1.11 bits per heavy atom. The molecular formula is C13H8BrFN2O. The number of H-pyrrole nitrogens is 1. The van der Waals surface area contributed by atoms with E-state index < -0.39 is 0 Å². The summed E-state index contributed by atoms with van der Waals surface area (Å²) in [6.45, 7) is 0. The number of benzene rings is 2. The molecule has 3 nitrogen and oxygen atoms in total. The summed E-state index contributed by atoms with van der Waals surface area (Å²) < 4.78 is 15.5. The SMILES string of the molecule is O=c1[nH]c2cc(F)ccc2n1-c1ccc(Br)cc1. The molecule has 0 radical (unpaired) electrons. The zero-order chi connectivity index (χ0) is 12.7. The van der Waals surface area contributed by atoms with Crippen LogP contribution < -0.4 is 5.69 Å². The van der Waals surface area contributed by atoms with Gasteiger partial charge in [0.25, 0.3) is 0 Å². The fourth-order valence-corrected chi connectivity index (χ4v) is 2.19. The Morgan fingerprint density at radius 3 is 2.56 bits per heavy atom. The zero-order valence-corrected chi connectivity index (χ0v) is 10.7. The second-order valence-corrected chi connectivity index (χ2v) is 4.82. The van der Waals surface area contributed by atoms with Gasteiger partial charge in [-0.3, -0.25) is 4.57 Å². The second kappa shape index (κ2) is 4.10. The maximum Gasteiger partial charge on any atom is 0.331 e. The van der Waals surface area contributed by atoms with Crippen LogP contribution in [0.3, 0.4) is 0 Å². The Labute approximate surface area is 110 Å². The summed E-state index contributed by atoms with van der Waals surface area (Å²) in [6.07, 6.45) is 0. The number of hydrogen-bond donors (Lipinski definition) is 1. The van der Waals surface area contributed by atoms with Crippen LogP contribution in [0, 0.1) is 5.82 Å². The van der Waals surface area contributed by atoms with Crippen molar-refractivity contribution in [2.45, 2.75) is 0 Å². The summed E-state index contributed by atoms with van der Waals surface area (Å²) in [5.41, 5.74) is 1.60. The van der Waals surface area contributed by atoms with E-state index in [-0.39, 0.29) is 11.5 Å². The van der Waals surface area contributed by atoms with Crippen LogP contribution in [0.4, 0.5) is 4.39 Å². The van der Waals surface area contributed by atoms with Crippen molar-refractivity contribution in [2.75, 3.05) is 0 Å². The fraction of sp³-hybridized carbons (Fsp3) is 0. The molecule has 0 aliphatic rings. The molecule has 0 aliphatic carbocycles. The smallest absolute Gasteiger partial charge is 0.305 e. The summed E-state index contributed by atoms with van der Waals surface area (Å²) in [7, 11) is 0. The number of fused-ring (bicyclic) bond motifs is 1. The molecule has 0 unspecified atom stereocenters. The molecule has 1 heterocycles. The molecule has 0 saturated heterocycles. The molecule has 90 valence electrons. The van der Waals surface area contributed by atoms with Crippen LogP contribution in [0.2, 0.25) is 0 Å². The standard InChI is InChI=1S/C13H8BrFN2O/c14-8-1-4-10(5-2-8)17-12-6-3-9(15)7-11(12)16-13(17)18/h1-7H,(H,16,18). The van der Waals surface area contributed by atoms with Crippen LogP contribution in [0.15, 0.2) is 51.7 Å². The first-order valence-corrected chi connectivity index (χ1v) is 6.11. The number of hydrogen-bond acceptors (Lipinski definition) is 1. The van der Waals surface area contributed by atoms with Crippen LogP contribution in [-0.4, -0.2) is 9.55 Å². The number of imidazole rings is 1. The van der Waals surface area contributed by atoms with E-state index in [2.05, 4.69) is 20.9 Å². The van der Waals surface area contributed by atoms with Crippen LogP contribution in [0.5, 0.6) is 0 Å². The van der Waals surface area contributed by atoms with Gasteiger partial charge in [0.05, 0.1) is 16.7 Å². The van der Waals surface area contributed by atoms with E-state index in [0.29, 0.717) is 11.0 Å². The maximum atomic E-state index is 13.1. The number of nitrogens with zero attached hydrogens (tertiary/aromatic N) is 1. The monoisotopic (exact) mass is 306 g/mol. The van der Waals surface area contributed by atoms with E-state index in [1.54, 1.807) is 6.07 Å². The second-order valence-electron chi connectivity index (χ2n) is 3.90. The highest BCUT2D eigenvalue weighted by atomic mass is 79.9. The minimum Gasteiger partial charge on any atom is -0.305 e. The highest BCUT2D eigenvalue weighted by Gasteiger charge is 2.08. The minimum atomic E-state index is -0.369. The number of rotatable bonds is 1. The van der Waals surface area contributed by atoms with Crippen molar-refractivity contribution in [3.8, 4) is 5.69 Å².